The van der Waals surface area contributed by atoms with Gasteiger partial charge in [-0.05, 0) is 25.1 Å². The largest absolute Gasteiger partial charge is 0.477 e. The van der Waals surface area contributed by atoms with Crippen LogP contribution in [-0.2, 0) is 11.3 Å². The monoisotopic (exact) mass is 291 g/mol. The topological polar surface area (TPSA) is 96.4 Å². The van der Waals surface area contributed by atoms with E-state index in [0.717, 1.165) is 0 Å². The fourth-order valence-corrected chi connectivity index (χ4v) is 2.05. The van der Waals surface area contributed by atoms with E-state index >= 15 is 0 Å². The first-order valence-corrected chi connectivity index (χ1v) is 6.41. The molecule has 0 aliphatic carbocycles. The van der Waals surface area contributed by atoms with Gasteiger partial charge in [-0.25, -0.2) is 4.79 Å². The zero-order valence-corrected chi connectivity index (χ0v) is 11.8. The molecule has 0 aliphatic rings. The van der Waals surface area contributed by atoms with Gasteiger partial charge in [-0.1, -0.05) is 0 Å². The summed E-state index contributed by atoms with van der Waals surface area (Å²) >= 11 is 0. The number of H-pyrrole nitrogens is 1. The fraction of sp³-hybridized carbons (Fsp3) is 0.286. The van der Waals surface area contributed by atoms with Crippen LogP contribution in [0.5, 0.6) is 0 Å². The molecule has 0 unspecified atom stereocenters. The van der Waals surface area contributed by atoms with E-state index in [9.17, 15) is 9.59 Å². The highest BCUT2D eigenvalue weighted by Gasteiger charge is 2.17. The van der Waals surface area contributed by atoms with Crippen LogP contribution in [0.15, 0.2) is 24.4 Å². The Morgan fingerprint density at radius 3 is 2.90 bits per heavy atom. The van der Waals surface area contributed by atoms with Crippen molar-refractivity contribution in [3.05, 3.63) is 41.5 Å². The van der Waals surface area contributed by atoms with Gasteiger partial charge in [0.1, 0.15) is 11.4 Å². The molecule has 21 heavy (non-hydrogen) atoms. The molecular weight excluding hydrogens is 274 g/mol. The molecule has 3 N–H and O–H groups in total. The van der Waals surface area contributed by atoms with E-state index in [2.05, 4.69) is 10.3 Å². The molecule has 2 aromatic heterocycles. The molecule has 2 heterocycles. The number of rotatable bonds is 6. The number of methoxy groups -OCH3 is 1. The van der Waals surface area contributed by atoms with Crippen molar-refractivity contribution in [2.24, 2.45) is 0 Å². The number of aromatic nitrogens is 2. The summed E-state index contributed by atoms with van der Waals surface area (Å²) in [6.45, 7) is 2.76. The van der Waals surface area contributed by atoms with E-state index in [4.69, 9.17) is 9.84 Å². The fourth-order valence-electron chi connectivity index (χ4n) is 2.05. The molecule has 0 atom stereocenters. The average Bonchev–Trinajstić information content (AvgIpc) is 3.02. The highest BCUT2D eigenvalue weighted by atomic mass is 16.5. The van der Waals surface area contributed by atoms with E-state index in [1.54, 1.807) is 43.0 Å². The van der Waals surface area contributed by atoms with Gasteiger partial charge in [-0.3, -0.25) is 4.79 Å². The number of nitrogens with one attached hydrogen (secondary N) is 2. The molecule has 0 fully saturated rings. The molecule has 0 aromatic carbocycles. The molecule has 0 bridgehead atoms. The number of aromatic carboxylic acids is 1. The first-order chi connectivity index (χ1) is 10.0. The van der Waals surface area contributed by atoms with Gasteiger partial charge in [0, 0.05) is 25.5 Å². The van der Waals surface area contributed by atoms with Crippen LogP contribution in [0.4, 0.5) is 5.69 Å². The Morgan fingerprint density at radius 2 is 2.24 bits per heavy atom. The van der Waals surface area contributed by atoms with E-state index in [1.165, 1.54) is 0 Å². The molecule has 0 saturated heterocycles. The maximum Gasteiger partial charge on any atom is 0.354 e. The van der Waals surface area contributed by atoms with Crippen LogP contribution in [0, 0.1) is 6.92 Å². The highest BCUT2D eigenvalue weighted by Crippen LogP contribution is 2.18. The van der Waals surface area contributed by atoms with Crippen molar-refractivity contribution in [2.75, 3.05) is 19.0 Å². The SMILES string of the molecule is COCCn1cccc1C(=O)Nc1cc(C)[nH]c1C(=O)O. The minimum Gasteiger partial charge on any atom is -0.477 e. The van der Waals surface area contributed by atoms with Gasteiger partial charge in [0.2, 0.25) is 0 Å². The highest BCUT2D eigenvalue weighted by molar-refractivity contribution is 6.06. The quantitative estimate of drug-likeness (QED) is 0.755. The minimum absolute atomic E-state index is 0.0316. The lowest BCUT2D eigenvalue weighted by Crippen LogP contribution is -2.19. The second kappa shape index (κ2) is 6.27. The Morgan fingerprint density at radius 1 is 1.48 bits per heavy atom. The summed E-state index contributed by atoms with van der Waals surface area (Å²) in [5, 5.41) is 11.7. The number of anilines is 1. The lowest BCUT2D eigenvalue weighted by molar-refractivity contribution is 0.0692. The minimum atomic E-state index is -1.12. The standard InChI is InChI=1S/C14H17N3O4/c1-9-8-10(12(15-9)14(19)20)16-13(18)11-4-3-5-17(11)6-7-21-2/h3-5,8,15H,6-7H2,1-2H3,(H,16,18)(H,19,20). The van der Waals surface area contributed by atoms with Gasteiger partial charge in [-0.15, -0.1) is 0 Å². The molecule has 0 aliphatic heterocycles. The Bertz CT molecular complexity index is 657. The summed E-state index contributed by atoms with van der Waals surface area (Å²) in [6, 6.07) is 5.01. The molecule has 0 radical (unpaired) electrons. The zero-order chi connectivity index (χ0) is 15.4. The number of hydrogen-bond donors (Lipinski definition) is 3. The van der Waals surface area contributed by atoms with E-state index in [-0.39, 0.29) is 17.3 Å². The van der Waals surface area contributed by atoms with Crippen LogP contribution >= 0.6 is 0 Å². The van der Waals surface area contributed by atoms with Crippen LogP contribution in [0.2, 0.25) is 0 Å². The summed E-state index contributed by atoms with van der Waals surface area (Å²) in [4.78, 5) is 26.1. The number of carbonyl (C=O) groups excluding carboxylic acids is 1. The van der Waals surface area contributed by atoms with Gasteiger partial charge in [0.05, 0.1) is 12.3 Å². The predicted molar refractivity (Wildman–Crippen MR) is 76.8 cm³/mol. The summed E-state index contributed by atoms with van der Waals surface area (Å²) in [5.41, 5.74) is 1.33. The number of carbonyl (C=O) groups is 2. The molecule has 7 nitrogen and oxygen atoms in total. The second-order valence-electron chi connectivity index (χ2n) is 4.58. The summed E-state index contributed by atoms with van der Waals surface area (Å²) in [7, 11) is 1.59. The number of hydrogen-bond acceptors (Lipinski definition) is 3. The maximum absolute atomic E-state index is 12.3. The van der Waals surface area contributed by atoms with Crippen LogP contribution in [0.25, 0.3) is 0 Å². The van der Waals surface area contributed by atoms with E-state index < -0.39 is 5.97 Å². The summed E-state index contributed by atoms with van der Waals surface area (Å²) in [6.07, 6.45) is 1.77. The van der Waals surface area contributed by atoms with Crippen LogP contribution in [0.3, 0.4) is 0 Å². The number of aromatic amines is 1. The number of ether oxygens (including phenoxy) is 1. The maximum atomic E-state index is 12.3. The third kappa shape index (κ3) is 3.32. The molecule has 0 saturated carbocycles. The molecule has 1 amide bonds. The van der Waals surface area contributed by atoms with Crippen molar-refractivity contribution in [3.8, 4) is 0 Å². The van der Waals surface area contributed by atoms with Crippen molar-refractivity contribution in [1.29, 1.82) is 0 Å². The lowest BCUT2D eigenvalue weighted by atomic mass is 10.3. The smallest absolute Gasteiger partial charge is 0.354 e. The number of aryl methyl sites for hydroxylation is 1. The van der Waals surface area contributed by atoms with Crippen molar-refractivity contribution in [3.63, 3.8) is 0 Å². The Balaban J connectivity index is 2.19. The van der Waals surface area contributed by atoms with E-state index in [0.29, 0.717) is 24.5 Å². The molecule has 7 heteroatoms. The zero-order valence-electron chi connectivity index (χ0n) is 11.8. The molecule has 2 aromatic rings. The summed E-state index contributed by atoms with van der Waals surface area (Å²) < 4.78 is 6.74. The Kier molecular flexibility index (Phi) is 4.44. The van der Waals surface area contributed by atoms with Crippen molar-refractivity contribution in [1.82, 2.24) is 9.55 Å². The molecular formula is C14H17N3O4. The van der Waals surface area contributed by atoms with Crippen LogP contribution in [0.1, 0.15) is 26.7 Å². The second-order valence-corrected chi connectivity index (χ2v) is 4.58. The van der Waals surface area contributed by atoms with E-state index in [1.807, 2.05) is 0 Å². The third-order valence-electron chi connectivity index (χ3n) is 3.01. The first-order valence-electron chi connectivity index (χ1n) is 6.41. The Labute approximate surface area is 121 Å². The first kappa shape index (κ1) is 14.9. The van der Waals surface area contributed by atoms with Gasteiger partial charge >= 0.3 is 5.97 Å². The normalized spacial score (nSPS) is 10.6. The number of carboxylic acids is 1. The van der Waals surface area contributed by atoms with Crippen LogP contribution < -0.4 is 5.32 Å². The Hall–Kier alpha value is -2.54. The van der Waals surface area contributed by atoms with Gasteiger partial charge in [0.15, 0.2) is 0 Å². The van der Waals surface area contributed by atoms with Crippen molar-refractivity contribution in [2.45, 2.75) is 13.5 Å². The van der Waals surface area contributed by atoms with Gasteiger partial charge in [0.25, 0.3) is 5.91 Å². The number of amides is 1. The van der Waals surface area contributed by atoms with Gasteiger partial charge < -0.3 is 24.7 Å². The molecule has 112 valence electrons. The van der Waals surface area contributed by atoms with Crippen LogP contribution in [-0.4, -0.2) is 40.3 Å². The third-order valence-corrected chi connectivity index (χ3v) is 3.01. The lowest BCUT2D eigenvalue weighted by Gasteiger charge is -2.09. The van der Waals surface area contributed by atoms with Gasteiger partial charge in [-0.2, -0.15) is 0 Å². The average molecular weight is 291 g/mol. The van der Waals surface area contributed by atoms with Crippen molar-refractivity contribution < 1.29 is 19.4 Å². The molecule has 0 spiro atoms. The molecule has 2 rings (SSSR count). The number of carboxylic acid groups (broad SMARTS) is 1. The van der Waals surface area contributed by atoms with Crippen molar-refractivity contribution >= 4 is 17.6 Å². The summed E-state index contributed by atoms with van der Waals surface area (Å²) in [5.74, 6) is -1.48. The number of nitrogens with zero attached hydrogens (tertiary/aromatic N) is 1. The predicted octanol–water partition coefficient (Wildman–Crippen LogP) is 1.72.